The minimum atomic E-state index is 0.713. The highest BCUT2D eigenvalue weighted by atomic mass is 32.2. The van der Waals surface area contributed by atoms with Crippen LogP contribution in [-0.4, -0.2) is 23.0 Å². The van der Waals surface area contributed by atoms with Gasteiger partial charge in [0, 0.05) is 28.8 Å². The summed E-state index contributed by atoms with van der Waals surface area (Å²) in [6.45, 7) is 1.43. The molecular formula is C19H18N2O2S. The first kappa shape index (κ1) is 15.1. The number of benzene rings is 2. The van der Waals surface area contributed by atoms with E-state index in [4.69, 9.17) is 9.47 Å². The van der Waals surface area contributed by atoms with Crippen molar-refractivity contribution in [3.8, 4) is 17.2 Å². The smallest absolute Gasteiger partial charge is 0.162 e. The van der Waals surface area contributed by atoms with Crippen LogP contribution in [0.5, 0.6) is 11.5 Å². The summed E-state index contributed by atoms with van der Waals surface area (Å²) >= 11 is 1.77. The van der Waals surface area contributed by atoms with Crippen molar-refractivity contribution in [2.75, 3.05) is 13.2 Å². The molecule has 0 saturated heterocycles. The molecular weight excluding hydrogens is 320 g/mol. The number of hydrogen-bond donors (Lipinski definition) is 0. The zero-order valence-corrected chi connectivity index (χ0v) is 14.0. The molecule has 24 heavy (non-hydrogen) atoms. The van der Waals surface area contributed by atoms with Crippen LogP contribution in [0, 0.1) is 0 Å². The number of rotatable bonds is 4. The van der Waals surface area contributed by atoms with Gasteiger partial charge in [-0.2, -0.15) is 5.10 Å². The van der Waals surface area contributed by atoms with Crippen LogP contribution in [0.15, 0.2) is 65.8 Å². The van der Waals surface area contributed by atoms with Crippen molar-refractivity contribution in [3.05, 3.63) is 66.5 Å². The van der Waals surface area contributed by atoms with Crippen molar-refractivity contribution in [1.82, 2.24) is 9.78 Å². The summed E-state index contributed by atoms with van der Waals surface area (Å²) in [5, 5.41) is 4.44. The summed E-state index contributed by atoms with van der Waals surface area (Å²) in [5.41, 5.74) is 2.26. The Morgan fingerprint density at radius 2 is 1.83 bits per heavy atom. The van der Waals surface area contributed by atoms with E-state index in [0.717, 1.165) is 36.0 Å². The molecule has 0 fully saturated rings. The summed E-state index contributed by atoms with van der Waals surface area (Å²) in [7, 11) is 0. The van der Waals surface area contributed by atoms with Gasteiger partial charge in [0.15, 0.2) is 11.5 Å². The van der Waals surface area contributed by atoms with Crippen molar-refractivity contribution in [2.24, 2.45) is 0 Å². The highest BCUT2D eigenvalue weighted by Crippen LogP contribution is 2.34. The Morgan fingerprint density at radius 3 is 2.71 bits per heavy atom. The van der Waals surface area contributed by atoms with E-state index >= 15 is 0 Å². The van der Waals surface area contributed by atoms with E-state index in [9.17, 15) is 0 Å². The molecule has 122 valence electrons. The van der Waals surface area contributed by atoms with Gasteiger partial charge in [-0.05, 0) is 30.3 Å². The Morgan fingerprint density at radius 1 is 1.00 bits per heavy atom. The van der Waals surface area contributed by atoms with Crippen LogP contribution in [0.1, 0.15) is 12.0 Å². The van der Waals surface area contributed by atoms with Gasteiger partial charge in [-0.1, -0.05) is 18.2 Å². The van der Waals surface area contributed by atoms with Crippen LogP contribution < -0.4 is 9.47 Å². The zero-order valence-electron chi connectivity index (χ0n) is 13.2. The van der Waals surface area contributed by atoms with E-state index in [2.05, 4.69) is 23.4 Å². The van der Waals surface area contributed by atoms with Crippen LogP contribution in [0.25, 0.3) is 5.69 Å². The van der Waals surface area contributed by atoms with Gasteiger partial charge in [0.2, 0.25) is 0 Å². The number of thioether (sulfide) groups is 1. The molecule has 0 saturated carbocycles. The van der Waals surface area contributed by atoms with Crippen LogP contribution in [0.3, 0.4) is 0 Å². The lowest BCUT2D eigenvalue weighted by Crippen LogP contribution is -1.97. The topological polar surface area (TPSA) is 36.3 Å². The Labute approximate surface area is 145 Å². The van der Waals surface area contributed by atoms with Crippen LogP contribution in [0.4, 0.5) is 0 Å². The summed E-state index contributed by atoms with van der Waals surface area (Å²) in [4.78, 5) is 1.17. The molecule has 1 aromatic heterocycles. The molecule has 4 nitrogen and oxygen atoms in total. The Bertz CT molecular complexity index is 817. The molecule has 0 aliphatic carbocycles. The number of nitrogens with zero attached hydrogens (tertiary/aromatic N) is 2. The van der Waals surface area contributed by atoms with E-state index < -0.39 is 0 Å². The Balaban J connectivity index is 1.44. The third-order valence-corrected chi connectivity index (χ3v) is 4.85. The fraction of sp³-hybridized carbons (Fsp3) is 0.211. The zero-order chi connectivity index (χ0) is 16.2. The molecule has 1 aliphatic heterocycles. The van der Waals surface area contributed by atoms with E-state index in [-0.39, 0.29) is 0 Å². The average molecular weight is 338 g/mol. The van der Waals surface area contributed by atoms with Crippen molar-refractivity contribution < 1.29 is 9.47 Å². The molecule has 5 heteroatoms. The van der Waals surface area contributed by atoms with Gasteiger partial charge in [0.25, 0.3) is 0 Å². The molecule has 0 spiro atoms. The normalized spacial score (nSPS) is 13.5. The Kier molecular flexibility index (Phi) is 4.42. The molecule has 4 rings (SSSR count). The lowest BCUT2D eigenvalue weighted by molar-refractivity contribution is 0.297. The average Bonchev–Trinajstić information content (AvgIpc) is 2.98. The largest absolute Gasteiger partial charge is 0.490 e. The number of fused-ring (bicyclic) bond motifs is 1. The van der Waals surface area contributed by atoms with Gasteiger partial charge in [-0.15, -0.1) is 11.8 Å². The molecule has 3 aromatic rings. The molecule has 0 atom stereocenters. The first-order chi connectivity index (χ1) is 11.9. The van der Waals surface area contributed by atoms with Crippen molar-refractivity contribution in [1.29, 1.82) is 0 Å². The lowest BCUT2D eigenvalue weighted by Gasteiger charge is -2.08. The second-order valence-electron chi connectivity index (χ2n) is 5.58. The van der Waals surface area contributed by atoms with Crippen LogP contribution in [0.2, 0.25) is 0 Å². The molecule has 2 aromatic carbocycles. The van der Waals surface area contributed by atoms with E-state index in [1.54, 1.807) is 11.8 Å². The molecule has 0 unspecified atom stereocenters. The third-order valence-electron chi connectivity index (χ3n) is 3.78. The van der Waals surface area contributed by atoms with E-state index in [1.807, 2.05) is 47.3 Å². The summed E-state index contributed by atoms with van der Waals surface area (Å²) in [5.74, 6) is 2.55. The quantitative estimate of drug-likeness (QED) is 0.664. The maximum atomic E-state index is 5.75. The number of hydrogen-bond acceptors (Lipinski definition) is 4. The molecule has 0 amide bonds. The van der Waals surface area contributed by atoms with Gasteiger partial charge in [0.1, 0.15) is 0 Å². The SMILES string of the molecule is c1ccc(-n2cc(CSc3ccc4c(c3)OCCCO4)cn2)cc1. The summed E-state index contributed by atoms with van der Waals surface area (Å²) in [6.07, 6.45) is 4.92. The van der Waals surface area contributed by atoms with Crippen LogP contribution >= 0.6 is 11.8 Å². The van der Waals surface area contributed by atoms with Crippen molar-refractivity contribution in [2.45, 2.75) is 17.1 Å². The number of ether oxygens (including phenoxy) is 2. The summed E-state index contributed by atoms with van der Waals surface area (Å²) < 4.78 is 13.3. The second kappa shape index (κ2) is 7.01. The van der Waals surface area contributed by atoms with E-state index in [0.29, 0.717) is 6.61 Å². The van der Waals surface area contributed by atoms with Crippen LogP contribution in [-0.2, 0) is 5.75 Å². The van der Waals surface area contributed by atoms with Crippen molar-refractivity contribution >= 4 is 11.8 Å². The fourth-order valence-corrected chi connectivity index (χ4v) is 3.39. The standard InChI is InChI=1S/C19H18N2O2S/c1-2-5-16(6-3-1)21-13-15(12-20-21)14-24-17-7-8-18-19(11-17)23-10-4-9-22-18/h1-3,5-8,11-13H,4,9-10,14H2. The number of aromatic nitrogens is 2. The van der Waals surface area contributed by atoms with Gasteiger partial charge in [-0.3, -0.25) is 0 Å². The van der Waals surface area contributed by atoms with Gasteiger partial charge < -0.3 is 9.47 Å². The minimum absolute atomic E-state index is 0.713. The molecule has 0 N–H and O–H groups in total. The predicted molar refractivity (Wildman–Crippen MR) is 95.2 cm³/mol. The minimum Gasteiger partial charge on any atom is -0.490 e. The van der Waals surface area contributed by atoms with Crippen molar-refractivity contribution in [3.63, 3.8) is 0 Å². The summed E-state index contributed by atoms with van der Waals surface area (Å²) in [6, 6.07) is 16.3. The van der Waals surface area contributed by atoms with Gasteiger partial charge in [-0.25, -0.2) is 4.68 Å². The predicted octanol–water partition coefficient (Wildman–Crippen LogP) is 4.33. The highest BCUT2D eigenvalue weighted by Gasteiger charge is 2.11. The molecule has 0 bridgehead atoms. The Hall–Kier alpha value is -2.40. The first-order valence-electron chi connectivity index (χ1n) is 8.00. The van der Waals surface area contributed by atoms with E-state index in [1.165, 1.54) is 10.5 Å². The number of para-hydroxylation sites is 1. The second-order valence-corrected chi connectivity index (χ2v) is 6.63. The maximum absolute atomic E-state index is 5.75. The van der Waals surface area contributed by atoms with Gasteiger partial charge in [0.05, 0.1) is 25.1 Å². The molecule has 2 heterocycles. The highest BCUT2D eigenvalue weighted by molar-refractivity contribution is 7.98. The lowest BCUT2D eigenvalue weighted by atomic mass is 10.3. The third kappa shape index (κ3) is 3.41. The van der Waals surface area contributed by atoms with Gasteiger partial charge >= 0.3 is 0 Å². The molecule has 1 aliphatic rings. The maximum Gasteiger partial charge on any atom is 0.162 e. The fourth-order valence-electron chi connectivity index (χ4n) is 2.56. The first-order valence-corrected chi connectivity index (χ1v) is 8.98. The monoisotopic (exact) mass is 338 g/mol. The molecule has 0 radical (unpaired) electrons.